The normalized spacial score (nSPS) is 14.2. The summed E-state index contributed by atoms with van der Waals surface area (Å²) in [5.41, 5.74) is 2.41. The van der Waals surface area contributed by atoms with Gasteiger partial charge in [-0.2, -0.15) is 0 Å². The highest BCUT2D eigenvalue weighted by molar-refractivity contribution is 7.03. The van der Waals surface area contributed by atoms with Crippen LogP contribution in [0.4, 0.5) is 0 Å². The van der Waals surface area contributed by atoms with E-state index >= 15 is 0 Å². The number of carbonyl (C=O) groups excluding carboxylic acids is 2. The van der Waals surface area contributed by atoms with E-state index in [1.165, 1.54) is 11.5 Å². The molecule has 0 saturated carbocycles. The van der Waals surface area contributed by atoms with Gasteiger partial charge in [0, 0.05) is 42.4 Å². The topological polar surface area (TPSA) is 63.2 Å². The van der Waals surface area contributed by atoms with Crippen molar-refractivity contribution in [3.05, 3.63) is 48.4 Å². The minimum Gasteiger partial charge on any atom is -0.338 e. The summed E-state index contributed by atoms with van der Waals surface area (Å²) < 4.78 is 3.82. The fourth-order valence-corrected chi connectivity index (χ4v) is 2.68. The van der Waals surface area contributed by atoms with Crippen molar-refractivity contribution in [3.8, 4) is 11.3 Å². The fourth-order valence-electron chi connectivity index (χ4n) is 2.22. The van der Waals surface area contributed by atoms with E-state index < -0.39 is 0 Å². The van der Waals surface area contributed by atoms with Crippen molar-refractivity contribution in [2.45, 2.75) is 12.8 Å². The number of piperidine rings is 1. The Balaban J connectivity index is 0.000000847. The summed E-state index contributed by atoms with van der Waals surface area (Å²) in [6.45, 7) is 7.05. The molecule has 1 aliphatic rings. The highest BCUT2D eigenvalue weighted by atomic mass is 32.1. The first-order valence-corrected chi connectivity index (χ1v) is 7.76. The van der Waals surface area contributed by atoms with Crippen molar-refractivity contribution in [1.82, 2.24) is 14.5 Å². The van der Waals surface area contributed by atoms with Crippen molar-refractivity contribution < 1.29 is 9.59 Å². The summed E-state index contributed by atoms with van der Waals surface area (Å²) in [6.07, 6.45) is 0.933. The van der Waals surface area contributed by atoms with Gasteiger partial charge in [0.15, 0.2) is 0 Å². The smallest absolute Gasteiger partial charge is 0.253 e. The molecule has 1 aliphatic heterocycles. The van der Waals surface area contributed by atoms with E-state index in [1.807, 2.05) is 17.5 Å². The molecule has 1 saturated heterocycles. The largest absolute Gasteiger partial charge is 0.338 e. The van der Waals surface area contributed by atoms with E-state index in [0.29, 0.717) is 31.5 Å². The molecule has 1 aromatic heterocycles. The number of Topliss-reactive ketones (excluding diaryl/α,β-unsaturated/α-hetero) is 1. The van der Waals surface area contributed by atoms with E-state index in [4.69, 9.17) is 0 Å². The lowest BCUT2D eigenvalue weighted by Gasteiger charge is -2.26. The molecule has 2 heterocycles. The maximum Gasteiger partial charge on any atom is 0.253 e. The summed E-state index contributed by atoms with van der Waals surface area (Å²) in [6, 6.07) is 7.35. The third-order valence-corrected chi connectivity index (χ3v) is 3.90. The predicted octanol–water partition coefficient (Wildman–Crippen LogP) is 2.81. The quantitative estimate of drug-likeness (QED) is 0.799. The van der Waals surface area contributed by atoms with Crippen molar-refractivity contribution in [2.24, 2.45) is 0 Å². The minimum absolute atomic E-state index is 0.0135. The number of hydrogen-bond acceptors (Lipinski definition) is 5. The first-order valence-electron chi connectivity index (χ1n) is 6.92. The first kappa shape index (κ1) is 16.0. The molecule has 0 N–H and O–H groups in total. The van der Waals surface area contributed by atoms with Crippen LogP contribution in [0.3, 0.4) is 0 Å². The van der Waals surface area contributed by atoms with Crippen LogP contribution in [0.5, 0.6) is 0 Å². The number of nitrogens with zero attached hydrogens (tertiary/aromatic N) is 3. The minimum atomic E-state index is -0.0135. The molecule has 0 radical (unpaired) electrons. The summed E-state index contributed by atoms with van der Waals surface area (Å²) in [5.74, 6) is 0.223. The van der Waals surface area contributed by atoms with Crippen LogP contribution in [0.1, 0.15) is 23.2 Å². The van der Waals surface area contributed by atoms with Crippen molar-refractivity contribution in [3.63, 3.8) is 0 Å². The number of rotatable bonds is 2. The Bertz CT molecular complexity index is 628. The number of hydrogen-bond donors (Lipinski definition) is 0. The molecule has 114 valence electrons. The Morgan fingerprint density at radius 1 is 1.14 bits per heavy atom. The molecule has 0 unspecified atom stereocenters. The Morgan fingerprint density at radius 2 is 1.77 bits per heavy atom. The Morgan fingerprint density at radius 3 is 2.32 bits per heavy atom. The van der Waals surface area contributed by atoms with E-state index in [0.717, 1.165) is 11.3 Å². The molecule has 2 aromatic rings. The number of aromatic nitrogens is 2. The molecule has 6 heteroatoms. The lowest BCUT2D eigenvalue weighted by Crippen LogP contribution is -2.38. The average molecular weight is 315 g/mol. The van der Waals surface area contributed by atoms with Gasteiger partial charge in [-0.1, -0.05) is 16.6 Å². The van der Waals surface area contributed by atoms with Gasteiger partial charge in [-0.15, -0.1) is 18.3 Å². The van der Waals surface area contributed by atoms with Gasteiger partial charge in [0.05, 0.1) is 0 Å². The number of likely N-dealkylation sites (tertiary alicyclic amines) is 1. The summed E-state index contributed by atoms with van der Waals surface area (Å²) in [4.78, 5) is 25.2. The van der Waals surface area contributed by atoms with Crippen LogP contribution >= 0.6 is 11.5 Å². The van der Waals surface area contributed by atoms with Gasteiger partial charge in [-0.3, -0.25) is 9.59 Å². The maximum atomic E-state index is 12.3. The van der Waals surface area contributed by atoms with Gasteiger partial charge >= 0.3 is 0 Å². The average Bonchev–Trinajstić information content (AvgIpc) is 3.11. The van der Waals surface area contributed by atoms with Crippen LogP contribution in [-0.2, 0) is 4.79 Å². The zero-order valence-electron chi connectivity index (χ0n) is 12.2. The predicted molar refractivity (Wildman–Crippen MR) is 86.7 cm³/mol. The van der Waals surface area contributed by atoms with E-state index in [-0.39, 0.29) is 11.7 Å². The Labute approximate surface area is 133 Å². The number of amides is 1. The van der Waals surface area contributed by atoms with Crippen LogP contribution in [0.2, 0.25) is 0 Å². The highest BCUT2D eigenvalue weighted by Crippen LogP contribution is 2.19. The molecule has 3 rings (SSSR count). The second-order valence-corrected chi connectivity index (χ2v) is 5.31. The molecule has 0 atom stereocenters. The van der Waals surface area contributed by atoms with E-state index in [1.54, 1.807) is 17.0 Å². The van der Waals surface area contributed by atoms with Crippen molar-refractivity contribution in [1.29, 1.82) is 0 Å². The van der Waals surface area contributed by atoms with Crippen LogP contribution < -0.4 is 0 Å². The molecule has 0 bridgehead atoms. The number of carbonyl (C=O) groups is 2. The third-order valence-electron chi connectivity index (χ3n) is 3.40. The van der Waals surface area contributed by atoms with Crippen LogP contribution in [0.15, 0.2) is 42.8 Å². The summed E-state index contributed by atoms with van der Waals surface area (Å²) in [7, 11) is 0. The van der Waals surface area contributed by atoms with Gasteiger partial charge in [0.2, 0.25) is 0 Å². The fraction of sp³-hybridized carbons (Fsp3) is 0.250. The van der Waals surface area contributed by atoms with E-state index in [9.17, 15) is 9.59 Å². The van der Waals surface area contributed by atoms with Gasteiger partial charge in [-0.05, 0) is 23.7 Å². The molecule has 22 heavy (non-hydrogen) atoms. The zero-order chi connectivity index (χ0) is 15.9. The SMILES string of the molecule is C=C.O=C1CCN(C(=O)c2ccc(-c3csnn3)cc2)CC1. The summed E-state index contributed by atoms with van der Waals surface area (Å²) in [5, 5.41) is 5.86. The van der Waals surface area contributed by atoms with Gasteiger partial charge in [-0.25, -0.2) is 0 Å². The van der Waals surface area contributed by atoms with Crippen LogP contribution in [0, 0.1) is 0 Å². The lowest BCUT2D eigenvalue weighted by molar-refractivity contribution is -0.120. The second-order valence-electron chi connectivity index (χ2n) is 4.70. The van der Waals surface area contributed by atoms with Crippen molar-refractivity contribution in [2.75, 3.05) is 13.1 Å². The maximum absolute atomic E-state index is 12.3. The Hall–Kier alpha value is -2.34. The summed E-state index contributed by atoms with van der Waals surface area (Å²) >= 11 is 1.30. The van der Waals surface area contributed by atoms with Gasteiger partial charge < -0.3 is 4.90 Å². The molecule has 0 aliphatic carbocycles. The number of benzene rings is 1. The standard InChI is InChI=1S/C14H13N3O2S.C2H4/c18-12-5-7-17(8-6-12)14(19)11-3-1-10(2-4-11)13-9-20-16-15-13;1-2/h1-4,9H,5-8H2;1-2H2. The van der Waals surface area contributed by atoms with Crippen LogP contribution in [0.25, 0.3) is 11.3 Å². The van der Waals surface area contributed by atoms with E-state index in [2.05, 4.69) is 22.7 Å². The highest BCUT2D eigenvalue weighted by Gasteiger charge is 2.21. The van der Waals surface area contributed by atoms with Gasteiger partial charge in [0.1, 0.15) is 11.5 Å². The molecule has 1 fully saturated rings. The molecule has 5 nitrogen and oxygen atoms in total. The van der Waals surface area contributed by atoms with Gasteiger partial charge in [0.25, 0.3) is 5.91 Å². The molecular weight excluding hydrogens is 298 g/mol. The molecule has 0 spiro atoms. The lowest BCUT2D eigenvalue weighted by atomic mass is 10.1. The molecule has 1 aromatic carbocycles. The first-order chi connectivity index (χ1) is 10.7. The van der Waals surface area contributed by atoms with Crippen LogP contribution in [-0.4, -0.2) is 39.3 Å². The zero-order valence-corrected chi connectivity index (χ0v) is 13.0. The monoisotopic (exact) mass is 315 g/mol. The third kappa shape index (κ3) is 3.65. The number of ketones is 1. The van der Waals surface area contributed by atoms with Crippen molar-refractivity contribution >= 4 is 23.2 Å². The molecule has 1 amide bonds. The second kappa shape index (κ2) is 7.61. The molecular formula is C16H17N3O2S. The Kier molecular flexibility index (Phi) is 5.55.